The first-order chi connectivity index (χ1) is 9.45. The molecular weight excluding hydrogens is 336 g/mol. The number of hydrogen-bond acceptors (Lipinski definition) is 2. The van der Waals surface area contributed by atoms with Gasteiger partial charge in [0.1, 0.15) is 0 Å². The number of carbonyl (C=O) groups excluding carboxylic acids is 1. The van der Waals surface area contributed by atoms with Crippen LogP contribution in [-0.4, -0.2) is 10.9 Å². The number of hydrogen-bond donors (Lipinski definition) is 2. The molecule has 0 spiro atoms. The Morgan fingerprint density at radius 1 is 1.35 bits per heavy atom. The van der Waals surface area contributed by atoms with Gasteiger partial charge in [-0.25, -0.2) is 0 Å². The van der Waals surface area contributed by atoms with Crippen molar-refractivity contribution in [3.05, 3.63) is 28.2 Å². The molecule has 1 fully saturated rings. The number of halogens is 1. The molecular formula is C15H19BrN2OS. The lowest BCUT2D eigenvalue weighted by Gasteiger charge is -2.34. The van der Waals surface area contributed by atoms with Crippen LogP contribution in [0.1, 0.15) is 37.7 Å². The Morgan fingerprint density at radius 3 is 2.55 bits per heavy atom. The molecule has 0 saturated heterocycles. The number of nitrogens with two attached hydrogens (primary N) is 1. The molecule has 0 bridgehead atoms. The molecule has 20 heavy (non-hydrogen) atoms. The van der Waals surface area contributed by atoms with Crippen LogP contribution in [0.3, 0.4) is 0 Å². The first-order valence-corrected chi connectivity index (χ1v) is 8.03. The van der Waals surface area contributed by atoms with Gasteiger partial charge < -0.3 is 11.1 Å². The highest BCUT2D eigenvalue weighted by Crippen LogP contribution is 2.38. The second-order valence-corrected chi connectivity index (χ2v) is 6.74. The van der Waals surface area contributed by atoms with Crippen LogP contribution >= 0.6 is 28.1 Å². The lowest BCUT2D eigenvalue weighted by molar-refractivity contribution is -0.123. The van der Waals surface area contributed by atoms with E-state index in [2.05, 4.69) is 21.2 Å². The van der Waals surface area contributed by atoms with E-state index in [9.17, 15) is 4.79 Å². The Morgan fingerprint density at radius 2 is 2.00 bits per heavy atom. The van der Waals surface area contributed by atoms with E-state index in [1.165, 1.54) is 0 Å². The Labute approximate surface area is 133 Å². The van der Waals surface area contributed by atoms with E-state index in [0.29, 0.717) is 4.99 Å². The minimum Gasteiger partial charge on any atom is -0.392 e. The lowest BCUT2D eigenvalue weighted by atomic mass is 9.73. The van der Waals surface area contributed by atoms with Crippen molar-refractivity contribution in [1.82, 2.24) is 0 Å². The van der Waals surface area contributed by atoms with Gasteiger partial charge in [0.25, 0.3) is 0 Å². The standard InChI is InChI=1S/C15H19BrN2OS/c1-10-5-6-12(11(16)9-10)18-14(19)15(13(17)20)7-3-2-4-8-15/h5-6,9H,2-4,7-8H2,1H3,(H2,17,20)(H,18,19). The molecule has 0 radical (unpaired) electrons. The summed E-state index contributed by atoms with van der Waals surface area (Å²) in [5.41, 5.74) is 7.10. The van der Waals surface area contributed by atoms with E-state index < -0.39 is 5.41 Å². The summed E-state index contributed by atoms with van der Waals surface area (Å²) >= 11 is 8.65. The zero-order valence-electron chi connectivity index (χ0n) is 11.5. The van der Waals surface area contributed by atoms with E-state index in [-0.39, 0.29) is 5.91 Å². The first-order valence-electron chi connectivity index (χ1n) is 6.83. The van der Waals surface area contributed by atoms with E-state index in [1.807, 2.05) is 25.1 Å². The Bertz CT molecular complexity index is 539. The van der Waals surface area contributed by atoms with Crippen molar-refractivity contribution in [1.29, 1.82) is 0 Å². The summed E-state index contributed by atoms with van der Waals surface area (Å²) < 4.78 is 0.875. The average Bonchev–Trinajstić information content (AvgIpc) is 2.42. The zero-order chi connectivity index (χ0) is 14.8. The first kappa shape index (κ1) is 15.4. The highest BCUT2D eigenvalue weighted by Gasteiger charge is 2.42. The van der Waals surface area contributed by atoms with Crippen molar-refractivity contribution in [2.75, 3.05) is 5.32 Å². The molecule has 0 heterocycles. The van der Waals surface area contributed by atoms with Gasteiger partial charge in [-0.3, -0.25) is 4.79 Å². The average molecular weight is 355 g/mol. The van der Waals surface area contributed by atoms with E-state index in [4.69, 9.17) is 18.0 Å². The molecule has 0 atom stereocenters. The number of nitrogens with one attached hydrogen (secondary N) is 1. The molecule has 2 rings (SSSR count). The van der Waals surface area contributed by atoms with Crippen LogP contribution in [0, 0.1) is 12.3 Å². The van der Waals surface area contributed by atoms with Gasteiger partial charge in [0, 0.05) is 4.47 Å². The van der Waals surface area contributed by atoms with Crippen molar-refractivity contribution in [3.63, 3.8) is 0 Å². The molecule has 1 amide bonds. The predicted octanol–water partition coefficient (Wildman–Crippen LogP) is 3.93. The molecule has 1 aliphatic rings. The van der Waals surface area contributed by atoms with Gasteiger partial charge in [-0.1, -0.05) is 37.5 Å². The monoisotopic (exact) mass is 354 g/mol. The SMILES string of the molecule is Cc1ccc(NC(=O)C2(C(N)=S)CCCCC2)c(Br)c1. The van der Waals surface area contributed by atoms with Crippen molar-refractivity contribution in [2.45, 2.75) is 39.0 Å². The number of aryl methyl sites for hydroxylation is 1. The fraction of sp³-hybridized carbons (Fsp3) is 0.467. The van der Waals surface area contributed by atoms with E-state index in [0.717, 1.165) is 47.8 Å². The Balaban J connectivity index is 2.22. The maximum atomic E-state index is 12.7. The van der Waals surface area contributed by atoms with Crippen LogP contribution in [0.5, 0.6) is 0 Å². The molecule has 3 nitrogen and oxygen atoms in total. The minimum atomic E-state index is -0.683. The number of anilines is 1. The molecule has 1 aromatic rings. The van der Waals surface area contributed by atoms with Crippen LogP contribution in [0.4, 0.5) is 5.69 Å². The van der Waals surface area contributed by atoms with Gasteiger partial charge in [-0.15, -0.1) is 0 Å². The minimum absolute atomic E-state index is 0.0748. The molecule has 108 valence electrons. The van der Waals surface area contributed by atoms with Crippen LogP contribution in [0.25, 0.3) is 0 Å². The summed E-state index contributed by atoms with van der Waals surface area (Å²) in [6.45, 7) is 2.01. The largest absolute Gasteiger partial charge is 0.392 e. The zero-order valence-corrected chi connectivity index (χ0v) is 13.9. The van der Waals surface area contributed by atoms with Crippen LogP contribution in [0.15, 0.2) is 22.7 Å². The highest BCUT2D eigenvalue weighted by molar-refractivity contribution is 9.10. The number of thiocarbonyl (C=S) groups is 1. The van der Waals surface area contributed by atoms with E-state index >= 15 is 0 Å². The molecule has 0 unspecified atom stereocenters. The highest BCUT2D eigenvalue weighted by atomic mass is 79.9. The fourth-order valence-electron chi connectivity index (χ4n) is 2.70. The van der Waals surface area contributed by atoms with Crippen molar-refractivity contribution in [3.8, 4) is 0 Å². The molecule has 1 aliphatic carbocycles. The second kappa shape index (κ2) is 6.22. The summed E-state index contributed by atoms with van der Waals surface area (Å²) in [6.07, 6.45) is 4.64. The third-order valence-electron chi connectivity index (χ3n) is 3.99. The molecule has 1 saturated carbocycles. The van der Waals surface area contributed by atoms with E-state index in [1.54, 1.807) is 0 Å². The number of carbonyl (C=O) groups is 1. The summed E-state index contributed by atoms with van der Waals surface area (Å²) in [6, 6.07) is 5.84. The van der Waals surface area contributed by atoms with Crippen molar-refractivity contribution >= 4 is 44.7 Å². The maximum absolute atomic E-state index is 12.7. The van der Waals surface area contributed by atoms with Crippen molar-refractivity contribution < 1.29 is 4.79 Å². The second-order valence-electron chi connectivity index (χ2n) is 5.44. The number of benzene rings is 1. The molecule has 1 aromatic carbocycles. The summed E-state index contributed by atoms with van der Waals surface area (Å²) in [7, 11) is 0. The summed E-state index contributed by atoms with van der Waals surface area (Å²) in [5, 5.41) is 2.98. The Kier molecular flexibility index (Phi) is 4.81. The van der Waals surface area contributed by atoms with Gasteiger partial charge in [-0.05, 0) is 53.4 Å². The van der Waals surface area contributed by atoms with Crippen LogP contribution in [0.2, 0.25) is 0 Å². The maximum Gasteiger partial charge on any atom is 0.237 e. The fourth-order valence-corrected chi connectivity index (χ4v) is 3.59. The molecule has 0 aliphatic heterocycles. The lowest BCUT2D eigenvalue weighted by Crippen LogP contribution is -2.47. The topological polar surface area (TPSA) is 55.1 Å². The third kappa shape index (κ3) is 3.04. The van der Waals surface area contributed by atoms with Gasteiger partial charge in [0.2, 0.25) is 5.91 Å². The third-order valence-corrected chi connectivity index (χ3v) is 5.03. The van der Waals surface area contributed by atoms with Crippen LogP contribution < -0.4 is 11.1 Å². The van der Waals surface area contributed by atoms with Gasteiger partial charge in [0.15, 0.2) is 0 Å². The molecule has 5 heteroatoms. The molecule has 0 aromatic heterocycles. The number of rotatable bonds is 3. The van der Waals surface area contributed by atoms with Crippen molar-refractivity contribution in [2.24, 2.45) is 11.1 Å². The Hall–Kier alpha value is -0.940. The quantitative estimate of drug-likeness (QED) is 0.808. The smallest absolute Gasteiger partial charge is 0.237 e. The summed E-state index contributed by atoms with van der Waals surface area (Å²) in [4.78, 5) is 13.0. The number of amides is 1. The van der Waals surface area contributed by atoms with Gasteiger partial charge in [-0.2, -0.15) is 0 Å². The molecule has 3 N–H and O–H groups in total. The normalized spacial score (nSPS) is 17.5. The predicted molar refractivity (Wildman–Crippen MR) is 89.8 cm³/mol. The van der Waals surface area contributed by atoms with Gasteiger partial charge in [0.05, 0.1) is 16.1 Å². The van der Waals surface area contributed by atoms with Crippen LogP contribution in [-0.2, 0) is 4.79 Å². The summed E-state index contributed by atoms with van der Waals surface area (Å²) in [5.74, 6) is -0.0748. The van der Waals surface area contributed by atoms with Gasteiger partial charge >= 0.3 is 0 Å².